The van der Waals surface area contributed by atoms with Gasteiger partial charge in [-0.1, -0.05) is 6.92 Å². The zero-order valence-electron chi connectivity index (χ0n) is 12.0. The van der Waals surface area contributed by atoms with Gasteiger partial charge in [0.25, 0.3) is 0 Å². The molecule has 20 heavy (non-hydrogen) atoms. The van der Waals surface area contributed by atoms with Crippen LogP contribution in [-0.2, 0) is 13.5 Å². The molecule has 0 aliphatic rings. The molecule has 0 saturated heterocycles. The highest BCUT2D eigenvalue weighted by molar-refractivity contribution is 7.71. The molecule has 0 aliphatic carbocycles. The largest absolute Gasteiger partial charge is 0.444 e. The Morgan fingerprint density at radius 2 is 2.25 bits per heavy atom. The molecule has 3 aromatic rings. The highest BCUT2D eigenvalue weighted by atomic mass is 32.1. The number of aromatic amines is 1. The van der Waals surface area contributed by atoms with Crippen LogP contribution in [0.3, 0.4) is 0 Å². The number of rotatable bonds is 3. The van der Waals surface area contributed by atoms with E-state index in [1.54, 1.807) is 6.20 Å². The van der Waals surface area contributed by atoms with Crippen LogP contribution in [0.15, 0.2) is 10.6 Å². The van der Waals surface area contributed by atoms with E-state index in [1.165, 1.54) is 0 Å². The number of nitrogens with zero attached hydrogens (tertiary/aromatic N) is 4. The van der Waals surface area contributed by atoms with E-state index in [2.05, 4.69) is 22.0 Å². The quantitative estimate of drug-likeness (QED) is 0.754. The summed E-state index contributed by atoms with van der Waals surface area (Å²) in [4.78, 5) is 7.55. The van der Waals surface area contributed by atoms with E-state index in [0.717, 1.165) is 29.0 Å². The molecule has 3 rings (SSSR count). The fourth-order valence-corrected chi connectivity index (χ4v) is 2.87. The van der Waals surface area contributed by atoms with E-state index >= 15 is 0 Å². The normalized spacial score (nSPS) is 13.2. The molecule has 1 atom stereocenters. The van der Waals surface area contributed by atoms with Crippen molar-refractivity contribution < 1.29 is 4.42 Å². The van der Waals surface area contributed by atoms with Crippen molar-refractivity contribution in [1.29, 1.82) is 0 Å². The molecule has 0 amide bonds. The Bertz CT molecular complexity index is 822. The molecule has 0 radical (unpaired) electrons. The van der Waals surface area contributed by atoms with Gasteiger partial charge in [-0.3, -0.25) is 9.25 Å². The van der Waals surface area contributed by atoms with Gasteiger partial charge in [0, 0.05) is 7.05 Å². The van der Waals surface area contributed by atoms with Crippen molar-refractivity contribution in [2.24, 2.45) is 7.05 Å². The summed E-state index contributed by atoms with van der Waals surface area (Å²) in [7, 11) is 1.92. The second kappa shape index (κ2) is 4.59. The third-order valence-corrected chi connectivity index (χ3v) is 3.79. The Morgan fingerprint density at radius 3 is 2.85 bits per heavy atom. The molecule has 6 nitrogen and oxygen atoms in total. The number of hydrogen-bond acceptors (Lipinski definition) is 4. The van der Waals surface area contributed by atoms with E-state index in [9.17, 15) is 0 Å². The molecule has 0 aliphatic heterocycles. The number of aryl methyl sites for hydroxylation is 3. The van der Waals surface area contributed by atoms with Gasteiger partial charge in [-0.25, -0.2) is 4.98 Å². The van der Waals surface area contributed by atoms with E-state index in [0.29, 0.717) is 10.7 Å². The Labute approximate surface area is 121 Å². The maximum Gasteiger partial charge on any atom is 0.217 e. The second-order valence-electron chi connectivity index (χ2n) is 4.91. The van der Waals surface area contributed by atoms with Gasteiger partial charge in [-0.2, -0.15) is 5.10 Å². The van der Waals surface area contributed by atoms with Gasteiger partial charge in [-0.05, 0) is 32.5 Å². The molecule has 1 unspecified atom stereocenters. The molecular weight excluding hydrogens is 274 g/mol. The SMILES string of the molecule is CCc1nn(C)c2c1[nH]c(=S)n2C(C)c1ncc(C)o1. The summed E-state index contributed by atoms with van der Waals surface area (Å²) in [6, 6.07) is -0.0787. The van der Waals surface area contributed by atoms with Gasteiger partial charge in [-0.15, -0.1) is 0 Å². The zero-order valence-corrected chi connectivity index (χ0v) is 12.8. The number of hydrogen-bond donors (Lipinski definition) is 1. The van der Waals surface area contributed by atoms with E-state index in [-0.39, 0.29) is 6.04 Å². The van der Waals surface area contributed by atoms with E-state index in [4.69, 9.17) is 16.6 Å². The second-order valence-corrected chi connectivity index (χ2v) is 5.29. The van der Waals surface area contributed by atoms with Gasteiger partial charge in [0.1, 0.15) is 17.3 Å². The number of nitrogens with one attached hydrogen (secondary N) is 1. The Kier molecular flexibility index (Phi) is 3.01. The molecule has 7 heteroatoms. The van der Waals surface area contributed by atoms with Gasteiger partial charge in [0.15, 0.2) is 10.4 Å². The smallest absolute Gasteiger partial charge is 0.217 e. The van der Waals surface area contributed by atoms with Gasteiger partial charge >= 0.3 is 0 Å². The van der Waals surface area contributed by atoms with Crippen molar-refractivity contribution >= 4 is 23.4 Å². The molecule has 0 fully saturated rings. The first-order valence-electron chi connectivity index (χ1n) is 6.61. The predicted molar refractivity (Wildman–Crippen MR) is 78.3 cm³/mol. The number of oxazole rings is 1. The Balaban J connectivity index is 2.23. The summed E-state index contributed by atoms with van der Waals surface area (Å²) in [6.45, 7) is 5.98. The average Bonchev–Trinajstić information content (AvgIpc) is 3.05. The maximum absolute atomic E-state index is 5.62. The highest BCUT2D eigenvalue weighted by Crippen LogP contribution is 2.25. The predicted octanol–water partition coefficient (Wildman–Crippen LogP) is 2.90. The van der Waals surface area contributed by atoms with Crippen LogP contribution < -0.4 is 0 Å². The van der Waals surface area contributed by atoms with Crippen LogP contribution in [0.1, 0.15) is 37.2 Å². The lowest BCUT2D eigenvalue weighted by Crippen LogP contribution is -2.10. The van der Waals surface area contributed by atoms with Crippen LogP contribution >= 0.6 is 12.2 Å². The van der Waals surface area contributed by atoms with Crippen LogP contribution in [0.4, 0.5) is 0 Å². The van der Waals surface area contributed by atoms with Crippen LogP contribution in [0, 0.1) is 11.7 Å². The van der Waals surface area contributed by atoms with E-state index in [1.807, 2.05) is 30.1 Å². The molecule has 0 spiro atoms. The third kappa shape index (κ3) is 1.81. The van der Waals surface area contributed by atoms with Crippen molar-refractivity contribution in [3.8, 4) is 0 Å². The minimum Gasteiger partial charge on any atom is -0.444 e. The molecule has 3 aromatic heterocycles. The molecule has 1 N–H and O–H groups in total. The molecular formula is C13H17N5OS. The van der Waals surface area contributed by atoms with Crippen molar-refractivity contribution in [2.75, 3.05) is 0 Å². The first-order chi connectivity index (χ1) is 9.52. The van der Waals surface area contributed by atoms with Crippen LogP contribution in [0.25, 0.3) is 11.2 Å². The number of H-pyrrole nitrogens is 1. The minimum atomic E-state index is -0.0787. The maximum atomic E-state index is 5.62. The highest BCUT2D eigenvalue weighted by Gasteiger charge is 2.21. The van der Waals surface area contributed by atoms with Gasteiger partial charge in [0.2, 0.25) is 5.89 Å². The summed E-state index contributed by atoms with van der Waals surface area (Å²) in [5, 5.41) is 4.52. The number of imidazole rings is 1. The van der Waals surface area contributed by atoms with Crippen LogP contribution in [0.2, 0.25) is 0 Å². The lowest BCUT2D eigenvalue weighted by molar-refractivity contribution is 0.415. The Hall–Kier alpha value is -1.89. The zero-order chi connectivity index (χ0) is 14.4. The topological polar surface area (TPSA) is 64.6 Å². The average molecular weight is 291 g/mol. The van der Waals surface area contributed by atoms with Crippen LogP contribution in [0.5, 0.6) is 0 Å². The first-order valence-corrected chi connectivity index (χ1v) is 7.02. The summed E-state index contributed by atoms with van der Waals surface area (Å²) >= 11 is 5.45. The number of fused-ring (bicyclic) bond motifs is 1. The Morgan fingerprint density at radius 1 is 1.50 bits per heavy atom. The molecule has 0 saturated carbocycles. The van der Waals surface area contributed by atoms with Crippen molar-refractivity contribution in [3.63, 3.8) is 0 Å². The van der Waals surface area contributed by atoms with E-state index < -0.39 is 0 Å². The van der Waals surface area contributed by atoms with Gasteiger partial charge in [0.05, 0.1) is 11.9 Å². The monoisotopic (exact) mass is 291 g/mol. The first kappa shape index (κ1) is 13.1. The van der Waals surface area contributed by atoms with Gasteiger partial charge < -0.3 is 9.40 Å². The molecule has 106 valence electrons. The molecule has 3 heterocycles. The van der Waals surface area contributed by atoms with Crippen LogP contribution in [-0.4, -0.2) is 24.3 Å². The fourth-order valence-electron chi connectivity index (χ4n) is 2.52. The van der Waals surface area contributed by atoms with Crippen molar-refractivity contribution in [3.05, 3.63) is 28.3 Å². The lowest BCUT2D eigenvalue weighted by atomic mass is 10.3. The summed E-state index contributed by atoms with van der Waals surface area (Å²) in [5.41, 5.74) is 2.98. The number of aromatic nitrogens is 5. The fraction of sp³-hybridized carbons (Fsp3) is 0.462. The third-order valence-electron chi connectivity index (χ3n) is 3.49. The standard InChI is InChI=1S/C13H17N5OS/c1-5-9-10-12(17(4)16-9)18(13(20)15-10)8(3)11-14-6-7(2)19-11/h6,8H,5H2,1-4H3,(H,15,20). The molecule has 0 bridgehead atoms. The van der Waals surface area contributed by atoms with Crippen molar-refractivity contribution in [1.82, 2.24) is 24.3 Å². The van der Waals surface area contributed by atoms with Crippen molar-refractivity contribution in [2.45, 2.75) is 33.2 Å². The minimum absolute atomic E-state index is 0.0787. The summed E-state index contributed by atoms with van der Waals surface area (Å²) in [5.74, 6) is 1.45. The summed E-state index contributed by atoms with van der Waals surface area (Å²) in [6.07, 6.45) is 2.58. The lowest BCUT2D eigenvalue weighted by Gasteiger charge is -2.10. The molecule has 0 aromatic carbocycles. The summed E-state index contributed by atoms with van der Waals surface area (Å²) < 4.78 is 10.1.